The normalized spacial score (nSPS) is 14.0. The van der Waals surface area contributed by atoms with Gasteiger partial charge in [-0.25, -0.2) is 13.3 Å². The van der Waals surface area contributed by atoms with Gasteiger partial charge in [-0.3, -0.25) is 4.89 Å². The molecule has 0 spiro atoms. The van der Waals surface area contributed by atoms with Crippen molar-refractivity contribution in [2.45, 2.75) is 19.6 Å². The Hall–Kier alpha value is -3.29. The van der Waals surface area contributed by atoms with Crippen molar-refractivity contribution in [2.75, 3.05) is 0 Å². The van der Waals surface area contributed by atoms with Gasteiger partial charge in [0.1, 0.15) is 23.2 Å². The molecule has 0 amide bonds. The lowest BCUT2D eigenvalue weighted by atomic mass is 10.1. The van der Waals surface area contributed by atoms with E-state index in [4.69, 9.17) is 9.05 Å². The number of benzene rings is 4. The van der Waals surface area contributed by atoms with Crippen LogP contribution in [0.5, 0.6) is 0 Å². The maximum Gasteiger partial charge on any atom is 0.584 e. The summed E-state index contributed by atoms with van der Waals surface area (Å²) in [4.78, 5) is 14.0. The lowest BCUT2D eigenvalue weighted by Crippen LogP contribution is -1.98. The Bertz CT molecular complexity index is 1550. The minimum Gasteiger partial charge on any atom is -0.394 e. The van der Waals surface area contributed by atoms with Crippen LogP contribution in [0.15, 0.2) is 105 Å². The number of hydrogen-bond acceptors (Lipinski definition) is 5. The summed E-state index contributed by atoms with van der Waals surface area (Å²) in [5.74, 6) is -1.06. The van der Waals surface area contributed by atoms with Gasteiger partial charge in [0, 0.05) is 30.7 Å². The van der Waals surface area contributed by atoms with Gasteiger partial charge in [0.25, 0.3) is 0 Å². The van der Waals surface area contributed by atoms with Crippen molar-refractivity contribution < 1.29 is 27.3 Å². The molecule has 6 rings (SSSR count). The molecule has 1 N–H and O–H groups in total. The van der Waals surface area contributed by atoms with Crippen LogP contribution in [0, 0.1) is 11.6 Å². The van der Waals surface area contributed by atoms with Crippen LogP contribution in [0.25, 0.3) is 23.7 Å². The molecular weight excluding hydrogens is 533 g/mol. The van der Waals surface area contributed by atoms with Crippen molar-refractivity contribution in [3.05, 3.63) is 119 Å². The Morgan fingerprint density at radius 3 is 1.51 bits per heavy atom. The molecule has 4 nitrogen and oxygen atoms in total. The van der Waals surface area contributed by atoms with E-state index in [2.05, 4.69) is 0 Å². The fourth-order valence-corrected chi connectivity index (χ4v) is 6.95. The van der Waals surface area contributed by atoms with Crippen LogP contribution in [0.1, 0.15) is 22.3 Å². The van der Waals surface area contributed by atoms with Gasteiger partial charge >= 0.3 is 7.82 Å². The van der Waals surface area contributed by atoms with Crippen LogP contribution in [0.4, 0.5) is 8.78 Å². The summed E-state index contributed by atoms with van der Waals surface area (Å²) >= 11 is 2.80. The van der Waals surface area contributed by atoms with E-state index in [0.717, 1.165) is 20.9 Å². The maximum absolute atomic E-state index is 14.2. The van der Waals surface area contributed by atoms with E-state index in [1.807, 2.05) is 48.5 Å². The SMILES string of the molecule is O=P(O)(OC1=Cc2ccccc2Sc2ccc(F)cc21)OC1=Cc2ccccc2Sc2ccc(F)cc21. The molecule has 0 aromatic heterocycles. The highest BCUT2D eigenvalue weighted by Crippen LogP contribution is 2.55. The number of phosphoric acid groups is 1. The summed E-state index contributed by atoms with van der Waals surface area (Å²) in [6, 6.07) is 23.2. The Balaban J connectivity index is 1.41. The van der Waals surface area contributed by atoms with E-state index in [0.29, 0.717) is 20.9 Å². The molecular formula is C28H17F2O4PS2. The first-order valence-electron chi connectivity index (χ1n) is 11.1. The third kappa shape index (κ3) is 4.98. The average molecular weight is 551 g/mol. The van der Waals surface area contributed by atoms with Gasteiger partial charge in [-0.2, -0.15) is 0 Å². The van der Waals surface area contributed by atoms with Gasteiger partial charge in [-0.15, -0.1) is 0 Å². The molecule has 0 bridgehead atoms. The van der Waals surface area contributed by atoms with Crippen molar-refractivity contribution in [3.63, 3.8) is 0 Å². The van der Waals surface area contributed by atoms with Crippen LogP contribution in [-0.2, 0) is 13.6 Å². The molecule has 0 fully saturated rings. The second-order valence-electron chi connectivity index (χ2n) is 8.23. The fourth-order valence-electron chi connectivity index (χ4n) is 4.05. The van der Waals surface area contributed by atoms with Gasteiger partial charge in [0.05, 0.1) is 0 Å². The third-order valence-electron chi connectivity index (χ3n) is 5.69. The molecule has 2 aliphatic heterocycles. The van der Waals surface area contributed by atoms with Crippen LogP contribution in [0.3, 0.4) is 0 Å². The molecule has 9 heteroatoms. The topological polar surface area (TPSA) is 55.8 Å². The van der Waals surface area contributed by atoms with Crippen molar-refractivity contribution in [1.29, 1.82) is 0 Å². The monoisotopic (exact) mass is 550 g/mol. The zero-order chi connectivity index (χ0) is 25.6. The first-order valence-corrected chi connectivity index (χ1v) is 14.3. The molecule has 0 unspecified atom stereocenters. The average Bonchev–Trinajstić information content (AvgIpc) is 3.11. The fraction of sp³-hybridized carbons (Fsp3) is 0. The number of fused-ring (bicyclic) bond motifs is 4. The number of hydrogen-bond donors (Lipinski definition) is 1. The molecule has 0 saturated carbocycles. The standard InChI is InChI=1S/C28H17F2O4PS2/c29-19-9-11-27-21(15-19)23(13-17-5-1-3-7-25(17)36-27)33-35(31,32)34-24-14-18-6-2-4-8-26(18)37-28-12-10-20(30)16-22(24)28/h1-16H,(H,31,32). The Labute approximate surface area is 220 Å². The Morgan fingerprint density at radius 1 is 0.622 bits per heavy atom. The Morgan fingerprint density at radius 2 is 1.05 bits per heavy atom. The van der Waals surface area contributed by atoms with E-state index < -0.39 is 19.5 Å². The quantitative estimate of drug-likeness (QED) is 0.257. The van der Waals surface area contributed by atoms with Crippen LogP contribution < -0.4 is 0 Å². The molecule has 37 heavy (non-hydrogen) atoms. The minimum absolute atomic E-state index is 0.0127. The van der Waals surface area contributed by atoms with E-state index in [9.17, 15) is 18.2 Å². The summed E-state index contributed by atoms with van der Waals surface area (Å²) < 4.78 is 53.1. The first kappa shape index (κ1) is 24.1. The van der Waals surface area contributed by atoms with Crippen LogP contribution >= 0.6 is 31.3 Å². The van der Waals surface area contributed by atoms with E-state index >= 15 is 0 Å². The van der Waals surface area contributed by atoms with Gasteiger partial charge < -0.3 is 9.05 Å². The summed E-state index contributed by atoms with van der Waals surface area (Å²) in [5, 5.41) is 0. The molecule has 0 radical (unpaired) electrons. The Kier molecular flexibility index (Phi) is 6.21. The van der Waals surface area contributed by atoms with E-state index in [1.54, 1.807) is 24.3 Å². The van der Waals surface area contributed by atoms with E-state index in [1.165, 1.54) is 47.8 Å². The summed E-state index contributed by atoms with van der Waals surface area (Å²) in [5.41, 5.74) is 2.12. The zero-order valence-electron chi connectivity index (χ0n) is 18.9. The lowest BCUT2D eigenvalue weighted by Gasteiger charge is -2.19. The second-order valence-corrected chi connectivity index (χ2v) is 11.7. The highest BCUT2D eigenvalue weighted by atomic mass is 32.2. The van der Waals surface area contributed by atoms with Gasteiger partial charge in [0.2, 0.25) is 0 Å². The molecule has 0 atom stereocenters. The number of halogens is 2. The number of phosphoric ester groups is 1. The molecule has 0 saturated heterocycles. The van der Waals surface area contributed by atoms with E-state index in [-0.39, 0.29) is 11.5 Å². The van der Waals surface area contributed by atoms with Gasteiger partial charge in [-0.1, -0.05) is 59.9 Å². The molecule has 184 valence electrons. The van der Waals surface area contributed by atoms with Crippen molar-refractivity contribution in [3.8, 4) is 0 Å². The maximum atomic E-state index is 14.2. The van der Waals surface area contributed by atoms with Gasteiger partial charge in [0.15, 0.2) is 0 Å². The van der Waals surface area contributed by atoms with Crippen molar-refractivity contribution in [2.24, 2.45) is 0 Å². The molecule has 2 heterocycles. The van der Waals surface area contributed by atoms with Crippen molar-refractivity contribution >= 4 is 55.0 Å². The lowest BCUT2D eigenvalue weighted by molar-refractivity contribution is 0.264. The smallest absolute Gasteiger partial charge is 0.394 e. The summed E-state index contributed by atoms with van der Waals surface area (Å²) in [6.45, 7) is 0. The van der Waals surface area contributed by atoms with Crippen LogP contribution in [0.2, 0.25) is 0 Å². The summed E-state index contributed by atoms with van der Waals surface area (Å²) in [6.07, 6.45) is 3.17. The third-order valence-corrected chi connectivity index (χ3v) is 8.88. The molecule has 2 aliphatic rings. The van der Waals surface area contributed by atoms with Crippen molar-refractivity contribution in [1.82, 2.24) is 0 Å². The zero-order valence-corrected chi connectivity index (χ0v) is 21.5. The van der Waals surface area contributed by atoms with Gasteiger partial charge in [-0.05, 0) is 71.8 Å². The summed E-state index contributed by atoms with van der Waals surface area (Å²) in [7, 11) is -4.83. The highest BCUT2D eigenvalue weighted by molar-refractivity contribution is 7.99. The predicted molar refractivity (Wildman–Crippen MR) is 142 cm³/mol. The molecule has 4 aromatic carbocycles. The molecule has 4 aromatic rings. The first-order chi connectivity index (χ1) is 17.8. The second kappa shape index (κ2) is 9.54. The minimum atomic E-state index is -4.83. The predicted octanol–water partition coefficient (Wildman–Crippen LogP) is 8.72. The largest absolute Gasteiger partial charge is 0.584 e. The van der Waals surface area contributed by atoms with Crippen LogP contribution in [-0.4, -0.2) is 4.89 Å². The molecule has 0 aliphatic carbocycles. The highest BCUT2D eigenvalue weighted by Gasteiger charge is 2.32. The number of rotatable bonds is 4.